The number of hydrogen-bond donors (Lipinski definition) is 1. The summed E-state index contributed by atoms with van der Waals surface area (Å²) in [6.07, 6.45) is -0.577. The molecule has 0 aliphatic rings. The summed E-state index contributed by atoms with van der Waals surface area (Å²) in [5.74, 6) is 1.64. The van der Waals surface area contributed by atoms with Crippen LogP contribution in [0.15, 0.2) is 28.8 Å². The monoisotopic (exact) mass is 316 g/mol. The van der Waals surface area contributed by atoms with Crippen LogP contribution in [-0.4, -0.2) is 17.2 Å². The van der Waals surface area contributed by atoms with Crippen molar-refractivity contribution in [2.45, 2.75) is 53.2 Å². The lowest BCUT2D eigenvalue weighted by molar-refractivity contribution is -0.127. The quantitative estimate of drug-likeness (QED) is 0.886. The maximum atomic E-state index is 12.2. The Labute approximate surface area is 137 Å². The fraction of sp³-hybridized carbons (Fsp3) is 0.444. The van der Waals surface area contributed by atoms with E-state index in [0.717, 1.165) is 22.6 Å². The number of ether oxygens (including phenoxy) is 1. The van der Waals surface area contributed by atoms with E-state index >= 15 is 0 Å². The van der Waals surface area contributed by atoms with E-state index in [0.29, 0.717) is 12.2 Å². The average Bonchev–Trinajstić information content (AvgIpc) is 2.97. The third-order valence-corrected chi connectivity index (χ3v) is 3.61. The molecule has 0 unspecified atom stereocenters. The highest BCUT2D eigenvalue weighted by Crippen LogP contribution is 2.20. The van der Waals surface area contributed by atoms with Crippen LogP contribution in [-0.2, 0) is 11.3 Å². The summed E-state index contributed by atoms with van der Waals surface area (Å²) < 4.78 is 11.0. The highest BCUT2D eigenvalue weighted by atomic mass is 16.5. The minimum absolute atomic E-state index is 0.181. The Balaban J connectivity index is 1.90. The van der Waals surface area contributed by atoms with Crippen LogP contribution in [0.2, 0.25) is 0 Å². The molecule has 1 N–H and O–H groups in total. The van der Waals surface area contributed by atoms with Crippen molar-refractivity contribution in [1.82, 2.24) is 10.5 Å². The predicted octanol–water partition coefficient (Wildman–Crippen LogP) is 3.50. The lowest BCUT2D eigenvalue weighted by Crippen LogP contribution is -2.36. The van der Waals surface area contributed by atoms with Gasteiger partial charge < -0.3 is 14.6 Å². The summed E-state index contributed by atoms with van der Waals surface area (Å²) in [4.78, 5) is 12.2. The second kappa shape index (κ2) is 7.31. The zero-order valence-electron chi connectivity index (χ0n) is 14.3. The molecule has 5 heteroatoms. The molecule has 1 aromatic carbocycles. The second-order valence-electron chi connectivity index (χ2n) is 6.12. The topological polar surface area (TPSA) is 64.4 Å². The van der Waals surface area contributed by atoms with Crippen molar-refractivity contribution in [1.29, 1.82) is 0 Å². The standard InChI is InChI=1S/C18H24N2O3/c1-11(2)16-9-15(20-23-16)10-19-18(21)14(5)22-17-8-12(3)6-7-13(17)4/h6-9,11,14H,10H2,1-5H3,(H,19,21)/t14-/m0/s1. The number of hydrogen-bond acceptors (Lipinski definition) is 4. The molecule has 0 saturated carbocycles. The number of aromatic nitrogens is 1. The Hall–Kier alpha value is -2.30. The number of nitrogens with one attached hydrogen (secondary N) is 1. The molecule has 0 saturated heterocycles. The molecule has 0 bridgehead atoms. The van der Waals surface area contributed by atoms with Gasteiger partial charge in [-0.3, -0.25) is 4.79 Å². The minimum Gasteiger partial charge on any atom is -0.481 e. The molecule has 2 rings (SSSR count). The van der Waals surface area contributed by atoms with E-state index in [1.165, 1.54) is 0 Å². The first-order valence-electron chi connectivity index (χ1n) is 7.84. The first-order valence-corrected chi connectivity index (χ1v) is 7.84. The molecule has 5 nitrogen and oxygen atoms in total. The Morgan fingerprint density at radius 2 is 2.00 bits per heavy atom. The number of aryl methyl sites for hydroxylation is 2. The van der Waals surface area contributed by atoms with E-state index in [-0.39, 0.29) is 11.8 Å². The third-order valence-electron chi connectivity index (χ3n) is 3.61. The largest absolute Gasteiger partial charge is 0.481 e. The van der Waals surface area contributed by atoms with Crippen molar-refractivity contribution < 1.29 is 14.1 Å². The van der Waals surface area contributed by atoms with Crippen molar-refractivity contribution in [3.05, 3.63) is 46.8 Å². The van der Waals surface area contributed by atoms with Crippen LogP contribution in [0, 0.1) is 13.8 Å². The zero-order chi connectivity index (χ0) is 17.0. The van der Waals surface area contributed by atoms with E-state index in [4.69, 9.17) is 9.26 Å². The van der Waals surface area contributed by atoms with E-state index in [9.17, 15) is 4.79 Å². The van der Waals surface area contributed by atoms with Crippen LogP contribution in [0.25, 0.3) is 0 Å². The summed E-state index contributed by atoms with van der Waals surface area (Å²) in [6, 6.07) is 7.80. The molecule has 0 aliphatic heterocycles. The van der Waals surface area contributed by atoms with Crippen molar-refractivity contribution in [3.63, 3.8) is 0 Å². The molecule has 1 aromatic heterocycles. The number of benzene rings is 1. The average molecular weight is 316 g/mol. The predicted molar refractivity (Wildman–Crippen MR) is 88.4 cm³/mol. The number of rotatable bonds is 6. The highest BCUT2D eigenvalue weighted by molar-refractivity contribution is 5.80. The molecule has 0 radical (unpaired) electrons. The van der Waals surface area contributed by atoms with Crippen molar-refractivity contribution in [2.24, 2.45) is 0 Å². The summed E-state index contributed by atoms with van der Waals surface area (Å²) >= 11 is 0. The number of nitrogens with zero attached hydrogens (tertiary/aromatic N) is 1. The Morgan fingerprint density at radius 3 is 2.65 bits per heavy atom. The fourth-order valence-corrected chi connectivity index (χ4v) is 2.08. The molecule has 0 spiro atoms. The van der Waals surface area contributed by atoms with Gasteiger partial charge in [0, 0.05) is 12.0 Å². The van der Waals surface area contributed by atoms with Crippen LogP contribution in [0.4, 0.5) is 0 Å². The van der Waals surface area contributed by atoms with Crippen molar-refractivity contribution in [3.8, 4) is 5.75 Å². The summed E-state index contributed by atoms with van der Waals surface area (Å²) in [5.41, 5.74) is 2.82. The van der Waals surface area contributed by atoms with Crippen LogP contribution in [0.5, 0.6) is 5.75 Å². The summed E-state index contributed by atoms with van der Waals surface area (Å²) in [5, 5.41) is 6.77. The van der Waals surface area contributed by atoms with E-state index in [1.54, 1.807) is 6.92 Å². The maximum Gasteiger partial charge on any atom is 0.261 e. The van der Waals surface area contributed by atoms with Gasteiger partial charge in [0.05, 0.1) is 6.54 Å². The molecule has 23 heavy (non-hydrogen) atoms. The number of amides is 1. The van der Waals surface area contributed by atoms with Crippen LogP contribution >= 0.6 is 0 Å². The van der Waals surface area contributed by atoms with Gasteiger partial charge in [-0.15, -0.1) is 0 Å². The molecular formula is C18H24N2O3. The zero-order valence-corrected chi connectivity index (χ0v) is 14.3. The molecule has 1 heterocycles. The van der Waals surface area contributed by atoms with Crippen LogP contribution in [0.3, 0.4) is 0 Å². The van der Waals surface area contributed by atoms with Crippen molar-refractivity contribution >= 4 is 5.91 Å². The minimum atomic E-state index is -0.577. The Kier molecular flexibility index (Phi) is 5.42. The normalized spacial score (nSPS) is 12.3. The molecule has 2 aromatic rings. The Morgan fingerprint density at radius 1 is 1.26 bits per heavy atom. The van der Waals surface area contributed by atoms with Gasteiger partial charge in [0.25, 0.3) is 5.91 Å². The van der Waals surface area contributed by atoms with Gasteiger partial charge in [-0.05, 0) is 38.0 Å². The fourth-order valence-electron chi connectivity index (χ4n) is 2.08. The van der Waals surface area contributed by atoms with Crippen LogP contribution in [0.1, 0.15) is 49.3 Å². The molecule has 0 aliphatic carbocycles. The van der Waals surface area contributed by atoms with Gasteiger partial charge in [-0.25, -0.2) is 0 Å². The van der Waals surface area contributed by atoms with Crippen molar-refractivity contribution in [2.75, 3.05) is 0 Å². The van der Waals surface area contributed by atoms with Gasteiger partial charge in [-0.2, -0.15) is 0 Å². The second-order valence-corrected chi connectivity index (χ2v) is 6.12. The van der Waals surface area contributed by atoms with Gasteiger partial charge in [0.15, 0.2) is 6.10 Å². The molecule has 124 valence electrons. The molecular weight excluding hydrogens is 292 g/mol. The first-order chi connectivity index (χ1) is 10.9. The van der Waals surface area contributed by atoms with Crippen LogP contribution < -0.4 is 10.1 Å². The molecule has 0 fully saturated rings. The smallest absolute Gasteiger partial charge is 0.261 e. The van der Waals surface area contributed by atoms with Gasteiger partial charge >= 0.3 is 0 Å². The Bertz CT molecular complexity index is 677. The van der Waals surface area contributed by atoms with Gasteiger partial charge in [-0.1, -0.05) is 31.1 Å². The van der Waals surface area contributed by atoms with E-state index in [1.807, 2.05) is 52.0 Å². The van der Waals surface area contributed by atoms with Gasteiger partial charge in [0.1, 0.15) is 17.2 Å². The first kappa shape index (κ1) is 17.1. The summed E-state index contributed by atoms with van der Waals surface area (Å²) in [6.45, 7) is 10.1. The molecule has 1 atom stereocenters. The molecule has 1 amide bonds. The highest BCUT2D eigenvalue weighted by Gasteiger charge is 2.16. The van der Waals surface area contributed by atoms with E-state index < -0.39 is 6.10 Å². The maximum absolute atomic E-state index is 12.2. The SMILES string of the molecule is Cc1ccc(C)c(O[C@@H](C)C(=O)NCc2cc(C(C)C)on2)c1. The number of carbonyl (C=O) groups excluding carboxylic acids is 1. The number of carbonyl (C=O) groups is 1. The van der Waals surface area contributed by atoms with Gasteiger partial charge in [0.2, 0.25) is 0 Å². The van der Waals surface area contributed by atoms with E-state index in [2.05, 4.69) is 10.5 Å². The lowest BCUT2D eigenvalue weighted by atomic mass is 10.1. The third kappa shape index (κ3) is 4.58. The summed E-state index contributed by atoms with van der Waals surface area (Å²) in [7, 11) is 0. The lowest BCUT2D eigenvalue weighted by Gasteiger charge is -2.16.